The second-order valence-electron chi connectivity index (χ2n) is 2.66. The third-order valence-corrected chi connectivity index (χ3v) is 1.69. The minimum Gasteiger partial charge on any atom is -0.273 e. The number of nitro groups is 1. The van der Waals surface area contributed by atoms with Crippen molar-refractivity contribution in [1.29, 1.82) is 0 Å². The van der Waals surface area contributed by atoms with Crippen LogP contribution in [0.2, 0.25) is 0 Å². The Morgan fingerprint density at radius 1 is 1.47 bits per heavy atom. The fraction of sp³-hybridized carbons (Fsp3) is 0.125. The SMILES string of the molecule is CC(=O)N(N=O)c1ccccc1[N+](=O)[O-]. The maximum atomic E-state index is 11.0. The largest absolute Gasteiger partial charge is 0.295 e. The molecule has 0 unspecified atom stereocenters. The van der Waals surface area contributed by atoms with Gasteiger partial charge in [-0.3, -0.25) is 14.9 Å². The van der Waals surface area contributed by atoms with Crippen LogP contribution in [0.3, 0.4) is 0 Å². The topological polar surface area (TPSA) is 92.9 Å². The summed E-state index contributed by atoms with van der Waals surface area (Å²) in [7, 11) is 0. The van der Waals surface area contributed by atoms with Crippen LogP contribution < -0.4 is 5.01 Å². The minimum absolute atomic E-state index is 0.134. The quantitative estimate of drug-likeness (QED) is 0.429. The number of hydrogen-bond donors (Lipinski definition) is 0. The van der Waals surface area contributed by atoms with Gasteiger partial charge in [-0.2, -0.15) is 5.01 Å². The van der Waals surface area contributed by atoms with Gasteiger partial charge in [0.25, 0.3) is 5.69 Å². The van der Waals surface area contributed by atoms with Crippen molar-refractivity contribution in [3.8, 4) is 0 Å². The van der Waals surface area contributed by atoms with E-state index < -0.39 is 10.8 Å². The van der Waals surface area contributed by atoms with E-state index in [0.29, 0.717) is 5.01 Å². The zero-order valence-electron chi connectivity index (χ0n) is 7.78. The highest BCUT2D eigenvalue weighted by Crippen LogP contribution is 2.27. The van der Waals surface area contributed by atoms with Crippen molar-refractivity contribution < 1.29 is 9.72 Å². The van der Waals surface area contributed by atoms with Crippen molar-refractivity contribution >= 4 is 17.3 Å². The molecule has 15 heavy (non-hydrogen) atoms. The molecular weight excluding hydrogens is 202 g/mol. The van der Waals surface area contributed by atoms with Crippen molar-refractivity contribution in [3.05, 3.63) is 39.3 Å². The Labute approximate surface area is 84.4 Å². The molecule has 1 amide bonds. The second-order valence-corrected chi connectivity index (χ2v) is 2.66. The predicted octanol–water partition coefficient (Wildman–Crippen LogP) is 1.63. The molecule has 0 heterocycles. The first-order valence-corrected chi connectivity index (χ1v) is 3.95. The highest BCUT2D eigenvalue weighted by atomic mass is 16.6. The number of anilines is 1. The van der Waals surface area contributed by atoms with E-state index in [1.165, 1.54) is 24.3 Å². The molecule has 0 radical (unpaired) electrons. The van der Waals surface area contributed by atoms with Gasteiger partial charge >= 0.3 is 0 Å². The second kappa shape index (κ2) is 4.27. The lowest BCUT2D eigenvalue weighted by atomic mass is 10.2. The molecule has 0 atom stereocenters. The van der Waals surface area contributed by atoms with Crippen molar-refractivity contribution in [2.75, 3.05) is 5.01 Å². The van der Waals surface area contributed by atoms with Gasteiger partial charge in [0.1, 0.15) is 5.69 Å². The number of rotatable bonds is 3. The zero-order chi connectivity index (χ0) is 11.4. The van der Waals surface area contributed by atoms with Crippen LogP contribution in [0.4, 0.5) is 11.4 Å². The van der Waals surface area contributed by atoms with Gasteiger partial charge in [-0.05, 0) is 6.07 Å². The molecule has 0 saturated carbocycles. The minimum atomic E-state index is -0.684. The molecule has 0 aliphatic rings. The molecule has 0 fully saturated rings. The Kier molecular flexibility index (Phi) is 3.06. The standard InChI is InChI=1S/C8H7N3O4/c1-6(12)10(9-13)7-4-2-3-5-8(7)11(14)15/h2-5H,1H3. The molecular formula is C8H7N3O4. The summed E-state index contributed by atoms with van der Waals surface area (Å²) in [5, 5.41) is 13.5. The number of hydrogen-bond acceptors (Lipinski definition) is 5. The van der Waals surface area contributed by atoms with Crippen LogP contribution in [-0.2, 0) is 4.79 Å². The molecule has 0 saturated heterocycles. The molecule has 0 bridgehead atoms. The van der Waals surface area contributed by atoms with Crippen LogP contribution >= 0.6 is 0 Å². The number of nitrogens with zero attached hydrogens (tertiary/aromatic N) is 3. The Balaban J connectivity index is 3.28. The first kappa shape index (κ1) is 10.8. The summed E-state index contributed by atoms with van der Waals surface area (Å²) in [6, 6.07) is 5.38. The first-order valence-electron chi connectivity index (χ1n) is 3.95. The third-order valence-electron chi connectivity index (χ3n) is 1.69. The summed E-state index contributed by atoms with van der Waals surface area (Å²) in [5.41, 5.74) is -0.475. The molecule has 0 aromatic heterocycles. The van der Waals surface area contributed by atoms with Gasteiger partial charge in [0.2, 0.25) is 5.91 Å². The monoisotopic (exact) mass is 209 g/mol. The number of para-hydroxylation sites is 2. The molecule has 0 N–H and O–H groups in total. The molecule has 1 rings (SSSR count). The Hall–Kier alpha value is -2.31. The number of benzene rings is 1. The van der Waals surface area contributed by atoms with Gasteiger partial charge in [-0.25, -0.2) is 0 Å². The fourth-order valence-corrected chi connectivity index (χ4v) is 1.07. The predicted molar refractivity (Wildman–Crippen MR) is 52.1 cm³/mol. The maximum Gasteiger partial charge on any atom is 0.295 e. The van der Waals surface area contributed by atoms with Crippen LogP contribution in [0.15, 0.2) is 29.6 Å². The molecule has 78 valence electrons. The van der Waals surface area contributed by atoms with Crippen LogP contribution in [0.5, 0.6) is 0 Å². The number of amides is 1. The number of carbonyl (C=O) groups excluding carboxylic acids is 1. The molecule has 1 aromatic carbocycles. The number of carbonyl (C=O) groups is 1. The van der Waals surface area contributed by atoms with Crippen molar-refractivity contribution in [3.63, 3.8) is 0 Å². The van der Waals surface area contributed by atoms with Crippen LogP contribution in [0, 0.1) is 15.0 Å². The maximum absolute atomic E-state index is 11.0. The summed E-state index contributed by atoms with van der Waals surface area (Å²) >= 11 is 0. The van der Waals surface area contributed by atoms with E-state index in [-0.39, 0.29) is 11.4 Å². The summed E-state index contributed by atoms with van der Waals surface area (Å²) in [6.45, 7) is 1.10. The average Bonchev–Trinajstić information content (AvgIpc) is 2.18. The molecule has 0 aliphatic carbocycles. The van der Waals surface area contributed by atoms with Gasteiger partial charge < -0.3 is 0 Å². The van der Waals surface area contributed by atoms with Gasteiger partial charge in [-0.1, -0.05) is 12.1 Å². The van der Waals surface area contributed by atoms with Crippen molar-refractivity contribution in [1.82, 2.24) is 0 Å². The molecule has 7 heteroatoms. The summed E-state index contributed by atoms with van der Waals surface area (Å²) in [5.74, 6) is -0.681. The normalized spacial score (nSPS) is 9.40. The van der Waals surface area contributed by atoms with Crippen molar-refractivity contribution in [2.45, 2.75) is 6.92 Å². The lowest BCUT2D eigenvalue weighted by Gasteiger charge is -2.10. The van der Waals surface area contributed by atoms with E-state index in [2.05, 4.69) is 5.29 Å². The number of nitro benzene ring substituents is 1. The van der Waals surface area contributed by atoms with E-state index in [9.17, 15) is 19.8 Å². The Morgan fingerprint density at radius 3 is 2.53 bits per heavy atom. The van der Waals surface area contributed by atoms with E-state index in [4.69, 9.17) is 0 Å². The smallest absolute Gasteiger partial charge is 0.273 e. The third kappa shape index (κ3) is 2.13. The average molecular weight is 209 g/mol. The van der Waals surface area contributed by atoms with Crippen LogP contribution in [-0.4, -0.2) is 10.8 Å². The fourth-order valence-electron chi connectivity index (χ4n) is 1.07. The Bertz CT molecular complexity index is 418. The summed E-state index contributed by atoms with van der Waals surface area (Å²) < 4.78 is 0. The molecule has 0 aliphatic heterocycles. The zero-order valence-corrected chi connectivity index (χ0v) is 7.78. The Morgan fingerprint density at radius 2 is 2.07 bits per heavy atom. The molecule has 0 spiro atoms. The van der Waals surface area contributed by atoms with E-state index >= 15 is 0 Å². The van der Waals surface area contributed by atoms with E-state index in [1.54, 1.807) is 0 Å². The van der Waals surface area contributed by atoms with Gasteiger partial charge in [0, 0.05) is 13.0 Å². The van der Waals surface area contributed by atoms with E-state index in [1.807, 2.05) is 0 Å². The number of nitroso groups, excluding NO2 is 1. The summed E-state index contributed by atoms with van der Waals surface area (Å²) in [4.78, 5) is 31.2. The first-order chi connectivity index (χ1) is 7.07. The van der Waals surface area contributed by atoms with E-state index in [0.717, 1.165) is 6.92 Å². The highest BCUT2D eigenvalue weighted by molar-refractivity contribution is 5.93. The lowest BCUT2D eigenvalue weighted by Crippen LogP contribution is -2.22. The molecule has 7 nitrogen and oxygen atoms in total. The highest BCUT2D eigenvalue weighted by Gasteiger charge is 2.22. The lowest BCUT2D eigenvalue weighted by molar-refractivity contribution is -0.384. The van der Waals surface area contributed by atoms with Gasteiger partial charge in [0.05, 0.1) is 10.2 Å². The van der Waals surface area contributed by atoms with Crippen LogP contribution in [0.25, 0.3) is 0 Å². The van der Waals surface area contributed by atoms with Gasteiger partial charge in [0.15, 0.2) is 0 Å². The molecule has 1 aromatic rings. The van der Waals surface area contributed by atoms with Crippen molar-refractivity contribution in [2.24, 2.45) is 5.29 Å². The summed E-state index contributed by atoms with van der Waals surface area (Å²) in [6.07, 6.45) is 0. The van der Waals surface area contributed by atoms with Gasteiger partial charge in [-0.15, -0.1) is 4.91 Å². The van der Waals surface area contributed by atoms with Crippen LogP contribution in [0.1, 0.15) is 6.92 Å².